The maximum Gasteiger partial charge on any atom is 0.404 e. The third-order valence-corrected chi connectivity index (χ3v) is 1.32. The first-order chi connectivity index (χ1) is 5.12. The molecule has 0 spiro atoms. The molecule has 0 saturated carbocycles. The number of halogens is 1. The summed E-state index contributed by atoms with van der Waals surface area (Å²) in [7, 11) is 0. The van der Waals surface area contributed by atoms with Crippen molar-refractivity contribution in [1.82, 2.24) is 0 Å². The normalized spacial score (nSPS) is 12.8. The summed E-state index contributed by atoms with van der Waals surface area (Å²) in [5.74, 6) is 0. The van der Waals surface area contributed by atoms with Gasteiger partial charge < -0.3 is 10.5 Å². The van der Waals surface area contributed by atoms with Crippen LogP contribution in [0, 0.1) is 0 Å². The molecule has 4 heteroatoms. The predicted molar refractivity (Wildman–Crippen MR) is 49.3 cm³/mol. The Hall–Kier alpha value is -0.280. The lowest BCUT2D eigenvalue weighted by molar-refractivity contribution is 0.0361. The van der Waals surface area contributed by atoms with Crippen LogP contribution in [-0.4, -0.2) is 16.6 Å². The van der Waals surface area contributed by atoms with Gasteiger partial charge in [0.2, 0.25) is 0 Å². The van der Waals surface area contributed by atoms with Gasteiger partial charge in [0.1, 0.15) is 5.60 Å². The van der Waals surface area contributed by atoms with Gasteiger partial charge in [-0.3, -0.25) is 0 Å². The average molecular weight is 194 g/mol. The fourth-order valence-electron chi connectivity index (χ4n) is 1.35. The molecular weight excluding hydrogens is 178 g/mol. The van der Waals surface area contributed by atoms with Crippen molar-refractivity contribution in [2.24, 2.45) is 5.73 Å². The molecule has 0 aliphatic carbocycles. The minimum Gasteiger partial charge on any atom is -0.448 e. The van der Waals surface area contributed by atoms with Gasteiger partial charge in [-0.15, -0.1) is 0 Å². The van der Waals surface area contributed by atoms with Crippen LogP contribution in [-0.2, 0) is 4.74 Å². The van der Waals surface area contributed by atoms with Gasteiger partial charge in [0.05, 0.1) is 0 Å². The Morgan fingerprint density at radius 3 is 2.08 bits per heavy atom. The number of hydrogen-bond acceptors (Lipinski definition) is 3. The summed E-state index contributed by atoms with van der Waals surface area (Å²) >= 11 is 5.09. The smallest absolute Gasteiger partial charge is 0.404 e. The van der Waals surface area contributed by atoms with E-state index in [0.29, 0.717) is 6.42 Å². The highest BCUT2D eigenvalue weighted by atomic mass is 35.5. The molecule has 0 aliphatic rings. The Morgan fingerprint density at radius 1 is 1.42 bits per heavy atom. The van der Waals surface area contributed by atoms with Gasteiger partial charge in [-0.1, -0.05) is 0 Å². The third kappa shape index (κ3) is 6.43. The van der Waals surface area contributed by atoms with Gasteiger partial charge in [-0.05, 0) is 27.7 Å². The fraction of sp³-hybridized carbons (Fsp3) is 0.875. The number of nitrogens with two attached hydrogens (primary N) is 1. The van der Waals surface area contributed by atoms with Crippen LogP contribution in [0.1, 0.15) is 34.1 Å². The molecule has 0 bridgehead atoms. The molecule has 0 aliphatic heterocycles. The van der Waals surface area contributed by atoms with Crippen LogP contribution in [0.25, 0.3) is 0 Å². The van der Waals surface area contributed by atoms with Gasteiger partial charge in [0, 0.05) is 23.6 Å². The van der Waals surface area contributed by atoms with E-state index in [1.54, 1.807) is 13.8 Å². The van der Waals surface area contributed by atoms with E-state index in [-0.39, 0.29) is 5.54 Å². The molecule has 0 rings (SSSR count). The second-order valence-electron chi connectivity index (χ2n) is 4.26. The maximum atomic E-state index is 10.4. The van der Waals surface area contributed by atoms with Crippen LogP contribution in [0.4, 0.5) is 4.79 Å². The zero-order chi connectivity index (χ0) is 9.99. The highest BCUT2D eigenvalue weighted by Crippen LogP contribution is 2.22. The van der Waals surface area contributed by atoms with E-state index in [4.69, 9.17) is 22.1 Å². The van der Waals surface area contributed by atoms with Crippen molar-refractivity contribution in [2.75, 3.05) is 0 Å². The van der Waals surface area contributed by atoms with E-state index in [1.807, 2.05) is 13.8 Å². The van der Waals surface area contributed by atoms with Crippen LogP contribution < -0.4 is 5.73 Å². The fourth-order valence-corrected chi connectivity index (χ4v) is 1.56. The first-order valence-corrected chi connectivity index (χ1v) is 4.18. The van der Waals surface area contributed by atoms with Crippen LogP contribution in [0.15, 0.2) is 0 Å². The quantitative estimate of drug-likeness (QED) is 0.700. The summed E-state index contributed by atoms with van der Waals surface area (Å²) in [4.78, 5) is 10.4. The Bertz CT molecular complexity index is 172. The first kappa shape index (κ1) is 11.7. The van der Waals surface area contributed by atoms with Gasteiger partial charge in [0.25, 0.3) is 0 Å². The van der Waals surface area contributed by atoms with Gasteiger partial charge >= 0.3 is 5.43 Å². The van der Waals surface area contributed by atoms with Crippen molar-refractivity contribution < 1.29 is 9.53 Å². The molecule has 0 aromatic heterocycles. The topological polar surface area (TPSA) is 52.3 Å². The van der Waals surface area contributed by atoms with Crippen LogP contribution in [0.5, 0.6) is 0 Å². The molecule has 0 atom stereocenters. The standard InChI is InChI=1S/C8H16ClNO2/c1-7(2,10)5-8(3,4)12-6(9)11/h5,10H2,1-4H3. The lowest BCUT2D eigenvalue weighted by atomic mass is 9.90. The first-order valence-electron chi connectivity index (χ1n) is 3.80. The number of rotatable bonds is 3. The molecule has 3 nitrogen and oxygen atoms in total. The lowest BCUT2D eigenvalue weighted by Crippen LogP contribution is -2.42. The summed E-state index contributed by atoms with van der Waals surface area (Å²) in [5.41, 5.74) is 4.01. The second kappa shape index (κ2) is 3.62. The Labute approximate surface area is 78.2 Å². The monoisotopic (exact) mass is 193 g/mol. The van der Waals surface area contributed by atoms with Crippen molar-refractivity contribution in [2.45, 2.75) is 45.3 Å². The van der Waals surface area contributed by atoms with Crippen molar-refractivity contribution in [3.05, 3.63) is 0 Å². The summed E-state index contributed by atoms with van der Waals surface area (Å²) in [6, 6.07) is 0. The van der Waals surface area contributed by atoms with E-state index in [2.05, 4.69) is 0 Å². The Morgan fingerprint density at radius 2 is 1.83 bits per heavy atom. The second-order valence-corrected chi connectivity index (χ2v) is 4.57. The SMILES string of the molecule is CC(C)(N)CC(C)(C)OC(=O)Cl. The Balaban J connectivity index is 4.13. The zero-order valence-corrected chi connectivity index (χ0v) is 8.73. The van der Waals surface area contributed by atoms with Crippen LogP contribution in [0.3, 0.4) is 0 Å². The molecule has 12 heavy (non-hydrogen) atoms. The van der Waals surface area contributed by atoms with Gasteiger partial charge in [0.15, 0.2) is 0 Å². The van der Waals surface area contributed by atoms with Crippen molar-refractivity contribution in [3.63, 3.8) is 0 Å². The van der Waals surface area contributed by atoms with E-state index >= 15 is 0 Å². The minimum absolute atomic E-state index is 0.365. The third-order valence-electron chi connectivity index (χ3n) is 1.24. The zero-order valence-electron chi connectivity index (χ0n) is 7.98. The minimum atomic E-state index is -0.788. The molecule has 0 radical (unpaired) electrons. The largest absolute Gasteiger partial charge is 0.448 e. The number of carbonyl (C=O) groups is 1. The average Bonchev–Trinajstić information content (AvgIpc) is 1.48. The molecule has 72 valence electrons. The number of ether oxygens (including phenoxy) is 1. The summed E-state index contributed by atoms with van der Waals surface area (Å²) in [5, 5.41) is 0. The molecule has 0 heterocycles. The van der Waals surface area contributed by atoms with Crippen LogP contribution >= 0.6 is 11.6 Å². The molecule has 0 saturated heterocycles. The van der Waals surface area contributed by atoms with E-state index in [9.17, 15) is 4.79 Å². The maximum absolute atomic E-state index is 10.4. The predicted octanol–water partition coefficient (Wildman–Crippen LogP) is 2.27. The van der Waals surface area contributed by atoms with E-state index < -0.39 is 11.0 Å². The number of carbonyl (C=O) groups excluding carboxylic acids is 1. The number of hydrogen-bond donors (Lipinski definition) is 1. The van der Waals surface area contributed by atoms with Crippen molar-refractivity contribution in [1.29, 1.82) is 0 Å². The van der Waals surface area contributed by atoms with E-state index in [0.717, 1.165) is 0 Å². The molecular formula is C8H16ClNO2. The summed E-state index contributed by atoms with van der Waals surface area (Å²) < 4.78 is 4.86. The molecule has 0 unspecified atom stereocenters. The molecule has 0 amide bonds. The van der Waals surface area contributed by atoms with Gasteiger partial charge in [-0.2, -0.15) is 0 Å². The van der Waals surface area contributed by atoms with Crippen molar-refractivity contribution >= 4 is 17.0 Å². The van der Waals surface area contributed by atoms with Crippen LogP contribution in [0.2, 0.25) is 0 Å². The van der Waals surface area contributed by atoms with Gasteiger partial charge in [-0.25, -0.2) is 4.79 Å². The highest BCUT2D eigenvalue weighted by molar-refractivity contribution is 6.61. The molecule has 0 aromatic rings. The highest BCUT2D eigenvalue weighted by Gasteiger charge is 2.28. The lowest BCUT2D eigenvalue weighted by Gasteiger charge is -2.30. The van der Waals surface area contributed by atoms with Crippen molar-refractivity contribution in [3.8, 4) is 0 Å². The molecule has 2 N–H and O–H groups in total. The molecule has 0 fully saturated rings. The summed E-state index contributed by atoms with van der Waals surface area (Å²) in [6.07, 6.45) is 0.568. The van der Waals surface area contributed by atoms with E-state index in [1.165, 1.54) is 0 Å². The summed E-state index contributed by atoms with van der Waals surface area (Å²) in [6.45, 7) is 7.30. The molecule has 0 aromatic carbocycles. The Kier molecular flexibility index (Phi) is 3.54.